The normalized spacial score (nSPS) is 10.7. The van der Waals surface area contributed by atoms with Crippen LogP contribution >= 0.6 is 11.8 Å². The maximum absolute atomic E-state index is 10.6. The van der Waals surface area contributed by atoms with Gasteiger partial charge < -0.3 is 10.1 Å². The van der Waals surface area contributed by atoms with Crippen molar-refractivity contribution in [3.05, 3.63) is 18.3 Å². The van der Waals surface area contributed by atoms with Gasteiger partial charge in [0.2, 0.25) is 0 Å². The molecule has 0 aliphatic carbocycles. The third-order valence-electron chi connectivity index (χ3n) is 2.09. The van der Waals surface area contributed by atoms with Crippen LogP contribution in [0.4, 0.5) is 0 Å². The molecule has 2 heterocycles. The largest absolute Gasteiger partial charge is 0.481 e. The van der Waals surface area contributed by atoms with Crippen LogP contribution < -0.4 is 5.01 Å². The number of thioether (sulfide) groups is 1. The lowest BCUT2D eigenvalue weighted by Crippen LogP contribution is -2.26. The lowest BCUT2D eigenvalue weighted by Gasteiger charge is -2.16. The fourth-order valence-electron chi connectivity index (χ4n) is 1.46. The highest BCUT2D eigenvalue weighted by Crippen LogP contribution is 2.22. The summed E-state index contributed by atoms with van der Waals surface area (Å²) in [4.78, 5) is 19.2. The summed E-state index contributed by atoms with van der Waals surface area (Å²) in [6.45, 7) is 0. The number of hydrogen-bond donors (Lipinski definition) is 1. The molecule has 0 atom stereocenters. The van der Waals surface area contributed by atoms with E-state index < -0.39 is 5.97 Å². The predicted molar refractivity (Wildman–Crippen MR) is 66.0 cm³/mol. The second kappa shape index (κ2) is 4.62. The number of hydrogen-bond acceptors (Lipinski definition) is 5. The fourth-order valence-corrected chi connectivity index (χ4v) is 2.25. The van der Waals surface area contributed by atoms with Crippen LogP contribution in [0.25, 0.3) is 11.2 Å². The minimum atomic E-state index is -0.861. The molecule has 0 aromatic carbocycles. The molecule has 2 aromatic rings. The molecule has 2 aromatic heterocycles. The Labute approximate surface area is 102 Å². The smallest absolute Gasteiger partial charge is 0.313 e. The molecule has 90 valence electrons. The van der Waals surface area contributed by atoms with E-state index >= 15 is 0 Å². The van der Waals surface area contributed by atoms with E-state index in [1.165, 1.54) is 11.8 Å². The summed E-state index contributed by atoms with van der Waals surface area (Å²) in [6, 6.07) is 3.66. The van der Waals surface area contributed by atoms with Crippen LogP contribution in [-0.4, -0.2) is 45.6 Å². The van der Waals surface area contributed by atoms with E-state index in [0.717, 1.165) is 11.2 Å². The first-order valence-electron chi connectivity index (χ1n) is 4.95. The van der Waals surface area contributed by atoms with Crippen molar-refractivity contribution in [2.75, 3.05) is 24.9 Å². The molecule has 0 saturated heterocycles. The van der Waals surface area contributed by atoms with Gasteiger partial charge in [0.15, 0.2) is 10.8 Å². The Morgan fingerprint density at radius 2 is 2.35 bits per heavy atom. The average Bonchev–Trinajstić information content (AvgIpc) is 2.64. The molecule has 0 bridgehead atoms. The number of carbonyl (C=O) groups is 1. The average molecular weight is 252 g/mol. The first kappa shape index (κ1) is 11.7. The summed E-state index contributed by atoms with van der Waals surface area (Å²) in [6.07, 6.45) is 1.69. The zero-order valence-electron chi connectivity index (χ0n) is 9.49. The van der Waals surface area contributed by atoms with Crippen molar-refractivity contribution in [1.82, 2.24) is 14.6 Å². The number of fused-ring (bicyclic) bond motifs is 1. The summed E-state index contributed by atoms with van der Waals surface area (Å²) in [5.74, 6) is -0.878. The molecule has 0 radical (unpaired) electrons. The maximum Gasteiger partial charge on any atom is 0.313 e. The molecule has 17 heavy (non-hydrogen) atoms. The Balaban J connectivity index is 2.46. The minimum Gasteiger partial charge on any atom is -0.481 e. The van der Waals surface area contributed by atoms with Gasteiger partial charge in [0.05, 0.1) is 5.75 Å². The Hall–Kier alpha value is -1.76. The van der Waals surface area contributed by atoms with Crippen LogP contribution in [0.2, 0.25) is 0 Å². The van der Waals surface area contributed by atoms with Crippen molar-refractivity contribution in [3.8, 4) is 0 Å². The molecular formula is C10H12N4O2S. The van der Waals surface area contributed by atoms with Gasteiger partial charge in [-0.3, -0.25) is 4.79 Å². The molecule has 0 unspecified atom stereocenters. The van der Waals surface area contributed by atoms with Gasteiger partial charge in [-0.05, 0) is 12.1 Å². The second-order valence-corrected chi connectivity index (χ2v) is 4.52. The summed E-state index contributed by atoms with van der Waals surface area (Å²) < 4.78 is 1.79. The lowest BCUT2D eigenvalue weighted by atomic mass is 10.4. The number of pyridine rings is 1. The van der Waals surface area contributed by atoms with E-state index in [-0.39, 0.29) is 5.75 Å². The van der Waals surface area contributed by atoms with Gasteiger partial charge in [-0.15, -0.1) is 0 Å². The Bertz CT molecular complexity index is 552. The molecule has 0 aliphatic rings. The van der Waals surface area contributed by atoms with Gasteiger partial charge in [0, 0.05) is 20.3 Å². The molecule has 1 N–H and O–H groups in total. The molecule has 2 rings (SSSR count). The number of carboxylic acids is 1. The van der Waals surface area contributed by atoms with Gasteiger partial charge in [0.25, 0.3) is 0 Å². The highest BCUT2D eigenvalue weighted by atomic mass is 32.2. The Kier molecular flexibility index (Phi) is 3.19. The molecule has 0 aliphatic heterocycles. The van der Waals surface area contributed by atoms with E-state index in [1.807, 2.05) is 25.2 Å². The number of aliphatic carboxylic acids is 1. The van der Waals surface area contributed by atoms with Crippen LogP contribution in [0.3, 0.4) is 0 Å². The van der Waals surface area contributed by atoms with Gasteiger partial charge in [-0.25, -0.2) is 14.6 Å². The van der Waals surface area contributed by atoms with E-state index in [4.69, 9.17) is 5.11 Å². The van der Waals surface area contributed by atoms with Crippen molar-refractivity contribution in [2.24, 2.45) is 0 Å². The number of imidazole rings is 1. The van der Waals surface area contributed by atoms with E-state index in [1.54, 1.807) is 16.9 Å². The first-order chi connectivity index (χ1) is 8.09. The molecule has 0 amide bonds. The van der Waals surface area contributed by atoms with Gasteiger partial charge >= 0.3 is 5.97 Å². The SMILES string of the molecule is CN(C)n1c(SCC(=O)O)nc2cccnc21. The summed E-state index contributed by atoms with van der Waals surface area (Å²) in [7, 11) is 3.72. The molecular weight excluding hydrogens is 240 g/mol. The molecule has 0 saturated carbocycles. The van der Waals surface area contributed by atoms with Crippen molar-refractivity contribution in [1.29, 1.82) is 0 Å². The second-order valence-electron chi connectivity index (χ2n) is 3.58. The zero-order chi connectivity index (χ0) is 12.4. The third-order valence-corrected chi connectivity index (χ3v) is 3.00. The van der Waals surface area contributed by atoms with Gasteiger partial charge in [0.1, 0.15) is 5.52 Å². The van der Waals surface area contributed by atoms with Gasteiger partial charge in [-0.1, -0.05) is 11.8 Å². The number of rotatable bonds is 4. The monoisotopic (exact) mass is 252 g/mol. The van der Waals surface area contributed by atoms with Crippen molar-refractivity contribution in [3.63, 3.8) is 0 Å². The predicted octanol–water partition coefficient (Wildman–Crippen LogP) is 0.806. The van der Waals surface area contributed by atoms with Crippen molar-refractivity contribution >= 4 is 28.9 Å². The van der Waals surface area contributed by atoms with Crippen molar-refractivity contribution < 1.29 is 9.90 Å². The van der Waals surface area contributed by atoms with Crippen LogP contribution in [0.1, 0.15) is 0 Å². The van der Waals surface area contributed by atoms with Crippen LogP contribution in [0.5, 0.6) is 0 Å². The minimum absolute atomic E-state index is 0.0167. The zero-order valence-corrected chi connectivity index (χ0v) is 10.3. The van der Waals surface area contributed by atoms with Crippen molar-refractivity contribution in [2.45, 2.75) is 5.16 Å². The summed E-state index contributed by atoms with van der Waals surface area (Å²) >= 11 is 1.18. The molecule has 0 fully saturated rings. The first-order valence-corrected chi connectivity index (χ1v) is 5.94. The van der Waals surface area contributed by atoms with Crippen LogP contribution in [0, 0.1) is 0 Å². The third kappa shape index (κ3) is 2.33. The van der Waals surface area contributed by atoms with Crippen LogP contribution in [0.15, 0.2) is 23.5 Å². The Morgan fingerprint density at radius 3 is 3.00 bits per heavy atom. The lowest BCUT2D eigenvalue weighted by molar-refractivity contribution is -0.133. The number of nitrogens with zero attached hydrogens (tertiary/aromatic N) is 4. The highest BCUT2D eigenvalue weighted by molar-refractivity contribution is 7.99. The molecule has 6 nitrogen and oxygen atoms in total. The van der Waals surface area contributed by atoms with E-state index in [2.05, 4.69) is 9.97 Å². The highest BCUT2D eigenvalue weighted by Gasteiger charge is 2.14. The van der Waals surface area contributed by atoms with Gasteiger partial charge in [-0.2, -0.15) is 0 Å². The van der Waals surface area contributed by atoms with E-state index in [9.17, 15) is 4.79 Å². The van der Waals surface area contributed by atoms with E-state index in [0.29, 0.717) is 5.16 Å². The quantitative estimate of drug-likeness (QED) is 0.812. The fraction of sp³-hybridized carbons (Fsp3) is 0.300. The molecule has 0 spiro atoms. The Morgan fingerprint density at radius 1 is 1.59 bits per heavy atom. The number of carboxylic acid groups (broad SMARTS) is 1. The topological polar surface area (TPSA) is 71.2 Å². The number of aromatic nitrogens is 3. The van der Waals surface area contributed by atoms with Crippen LogP contribution in [-0.2, 0) is 4.79 Å². The summed E-state index contributed by atoms with van der Waals surface area (Å²) in [5, 5.41) is 11.1. The summed E-state index contributed by atoms with van der Waals surface area (Å²) in [5.41, 5.74) is 1.49. The standard InChI is InChI=1S/C10H12N4O2S/c1-13(2)14-9-7(4-3-5-11-9)12-10(14)17-6-8(15)16/h3-5H,6H2,1-2H3,(H,15,16). The maximum atomic E-state index is 10.6. The molecule has 7 heteroatoms.